The van der Waals surface area contributed by atoms with E-state index >= 15 is 0 Å². The molecule has 0 unspecified atom stereocenters. The number of methoxy groups -OCH3 is 1. The number of alkyl carbamates (subject to hydrolysis) is 1. The molecule has 0 heterocycles. The van der Waals surface area contributed by atoms with Crippen LogP contribution in [0.2, 0.25) is 0 Å². The Balaban J connectivity index is 2.83. The molecule has 0 saturated heterocycles. The zero-order valence-electron chi connectivity index (χ0n) is 20.0. The van der Waals surface area contributed by atoms with E-state index in [2.05, 4.69) is 10.6 Å². The maximum Gasteiger partial charge on any atom is 0.408 e. The van der Waals surface area contributed by atoms with Gasteiger partial charge in [0, 0.05) is 0 Å². The molecule has 2 N–H and O–H groups in total. The van der Waals surface area contributed by atoms with Crippen molar-refractivity contribution in [1.29, 1.82) is 0 Å². The Hall–Kier alpha value is -2.65. The van der Waals surface area contributed by atoms with Gasteiger partial charge in [-0.25, -0.2) is 9.59 Å². The summed E-state index contributed by atoms with van der Waals surface area (Å²) >= 11 is 0. The van der Waals surface area contributed by atoms with Crippen molar-refractivity contribution in [2.75, 3.05) is 20.3 Å². The highest BCUT2D eigenvalue weighted by molar-refractivity contribution is 5.89. The summed E-state index contributed by atoms with van der Waals surface area (Å²) in [6.07, 6.45) is -0.785. The van der Waals surface area contributed by atoms with Crippen LogP contribution in [-0.2, 0) is 35.1 Å². The van der Waals surface area contributed by atoms with E-state index in [4.69, 9.17) is 18.9 Å². The molecular formula is C23H36N2O7. The first kappa shape index (κ1) is 27.4. The molecular weight excluding hydrogens is 416 g/mol. The van der Waals surface area contributed by atoms with Gasteiger partial charge in [-0.2, -0.15) is 0 Å². The van der Waals surface area contributed by atoms with Crippen LogP contribution in [0.15, 0.2) is 30.3 Å². The molecule has 0 saturated carbocycles. The molecule has 0 aromatic heterocycles. The summed E-state index contributed by atoms with van der Waals surface area (Å²) in [5.41, 5.74) is -0.268. The van der Waals surface area contributed by atoms with Crippen molar-refractivity contribution in [3.8, 4) is 0 Å². The summed E-state index contributed by atoms with van der Waals surface area (Å²) < 4.78 is 21.3. The molecule has 1 rings (SSSR count). The van der Waals surface area contributed by atoms with Crippen molar-refractivity contribution in [1.82, 2.24) is 10.6 Å². The Kier molecular flexibility index (Phi) is 10.6. The van der Waals surface area contributed by atoms with E-state index in [0.717, 1.165) is 5.56 Å². The zero-order chi connectivity index (χ0) is 24.4. The van der Waals surface area contributed by atoms with Crippen molar-refractivity contribution < 1.29 is 33.3 Å². The predicted octanol–water partition coefficient (Wildman–Crippen LogP) is 2.57. The van der Waals surface area contributed by atoms with Gasteiger partial charge in [-0.1, -0.05) is 30.3 Å². The van der Waals surface area contributed by atoms with E-state index in [9.17, 15) is 14.4 Å². The van der Waals surface area contributed by atoms with E-state index in [1.54, 1.807) is 0 Å². The van der Waals surface area contributed by atoms with Crippen LogP contribution in [0, 0.1) is 0 Å². The van der Waals surface area contributed by atoms with Crippen molar-refractivity contribution in [2.24, 2.45) is 0 Å². The summed E-state index contributed by atoms with van der Waals surface area (Å²) in [7, 11) is 1.22. The number of hydrogen-bond donors (Lipinski definition) is 2. The maximum atomic E-state index is 12.9. The summed E-state index contributed by atoms with van der Waals surface area (Å²) in [6, 6.07) is 7.00. The van der Waals surface area contributed by atoms with Crippen LogP contribution in [-0.4, -0.2) is 61.6 Å². The third-order valence-corrected chi connectivity index (χ3v) is 3.99. The lowest BCUT2D eigenvalue weighted by Crippen LogP contribution is -2.55. The fraction of sp³-hybridized carbons (Fsp3) is 0.609. The second-order valence-electron chi connectivity index (χ2n) is 9.19. The normalized spacial score (nSPS) is 13.6. The van der Waals surface area contributed by atoms with Crippen molar-refractivity contribution in [3.63, 3.8) is 0 Å². The first-order chi connectivity index (χ1) is 14.8. The van der Waals surface area contributed by atoms with Gasteiger partial charge < -0.3 is 29.6 Å². The predicted molar refractivity (Wildman–Crippen MR) is 119 cm³/mol. The summed E-state index contributed by atoms with van der Waals surface area (Å²) in [6.45, 7) is 10.8. The molecule has 0 aliphatic carbocycles. The molecule has 2 amide bonds. The van der Waals surface area contributed by atoms with Gasteiger partial charge in [-0.05, 0) is 47.1 Å². The van der Waals surface area contributed by atoms with Gasteiger partial charge in [0.15, 0.2) is 6.04 Å². The van der Waals surface area contributed by atoms with Crippen LogP contribution in [0.3, 0.4) is 0 Å². The molecule has 1 aromatic rings. The highest BCUT2D eigenvalue weighted by Gasteiger charge is 2.30. The lowest BCUT2D eigenvalue weighted by atomic mass is 10.1. The van der Waals surface area contributed by atoms with Gasteiger partial charge in [0.05, 0.1) is 31.5 Å². The zero-order valence-corrected chi connectivity index (χ0v) is 20.0. The molecule has 180 valence electrons. The Bertz CT molecular complexity index is 739. The SMILES string of the molecule is COC(=O)[C@H](COC(C)(C)C)NC(=O)[C@@H](COC(C)(C)C)NC(=O)OCc1ccccc1. The first-order valence-electron chi connectivity index (χ1n) is 10.4. The minimum absolute atomic E-state index is 0.0470. The van der Waals surface area contributed by atoms with Crippen LogP contribution >= 0.6 is 0 Å². The van der Waals surface area contributed by atoms with Crippen LogP contribution < -0.4 is 10.6 Å². The van der Waals surface area contributed by atoms with Gasteiger partial charge in [0.2, 0.25) is 5.91 Å². The van der Waals surface area contributed by atoms with E-state index in [1.807, 2.05) is 71.9 Å². The largest absolute Gasteiger partial charge is 0.467 e. The Morgan fingerprint density at radius 1 is 0.844 bits per heavy atom. The third kappa shape index (κ3) is 11.7. The number of esters is 1. The standard InChI is InChI=1S/C23H36N2O7/c1-22(2,3)31-14-17(25-21(28)30-13-16-11-9-8-10-12-16)19(26)24-18(20(27)29-7)15-32-23(4,5)6/h8-12,17-18H,13-15H2,1-7H3,(H,24,26)(H,25,28)/t17-,18+/m1/s1. The molecule has 0 aliphatic rings. The number of carbonyl (C=O) groups is 3. The van der Waals surface area contributed by atoms with E-state index in [0.29, 0.717) is 0 Å². The number of amides is 2. The smallest absolute Gasteiger partial charge is 0.408 e. The fourth-order valence-electron chi connectivity index (χ4n) is 2.34. The lowest BCUT2D eigenvalue weighted by molar-refractivity contribution is -0.149. The van der Waals surface area contributed by atoms with Crippen LogP contribution in [0.5, 0.6) is 0 Å². The lowest BCUT2D eigenvalue weighted by Gasteiger charge is -2.27. The van der Waals surface area contributed by atoms with E-state index < -0.39 is 41.3 Å². The first-order valence-corrected chi connectivity index (χ1v) is 10.4. The third-order valence-electron chi connectivity index (χ3n) is 3.99. The average Bonchev–Trinajstić information content (AvgIpc) is 2.71. The molecule has 1 aromatic carbocycles. The van der Waals surface area contributed by atoms with Gasteiger partial charge in [-0.3, -0.25) is 4.79 Å². The highest BCUT2D eigenvalue weighted by atomic mass is 16.6. The molecule has 0 fully saturated rings. The number of hydrogen-bond acceptors (Lipinski definition) is 7. The Morgan fingerprint density at radius 2 is 1.38 bits per heavy atom. The van der Waals surface area contributed by atoms with Gasteiger partial charge in [0.25, 0.3) is 0 Å². The molecule has 9 heteroatoms. The van der Waals surface area contributed by atoms with Crippen LogP contribution in [0.1, 0.15) is 47.1 Å². The number of carbonyl (C=O) groups excluding carboxylic acids is 3. The number of benzene rings is 1. The number of nitrogens with one attached hydrogen (secondary N) is 2. The fourth-order valence-corrected chi connectivity index (χ4v) is 2.34. The molecule has 0 spiro atoms. The monoisotopic (exact) mass is 452 g/mol. The summed E-state index contributed by atoms with van der Waals surface area (Å²) in [4.78, 5) is 37.3. The molecule has 0 bridgehead atoms. The van der Waals surface area contributed by atoms with Crippen LogP contribution in [0.25, 0.3) is 0 Å². The van der Waals surface area contributed by atoms with Crippen molar-refractivity contribution >= 4 is 18.0 Å². The summed E-state index contributed by atoms with van der Waals surface area (Å²) in [5.74, 6) is -1.29. The minimum Gasteiger partial charge on any atom is -0.467 e. The minimum atomic E-state index is -1.10. The molecule has 2 atom stereocenters. The topological polar surface area (TPSA) is 112 Å². The average molecular weight is 453 g/mol. The second-order valence-corrected chi connectivity index (χ2v) is 9.19. The highest BCUT2D eigenvalue weighted by Crippen LogP contribution is 2.10. The second kappa shape index (κ2) is 12.4. The maximum absolute atomic E-state index is 12.9. The van der Waals surface area contributed by atoms with Gasteiger partial charge in [-0.15, -0.1) is 0 Å². The van der Waals surface area contributed by atoms with Gasteiger partial charge >= 0.3 is 12.1 Å². The van der Waals surface area contributed by atoms with Gasteiger partial charge in [0.1, 0.15) is 12.6 Å². The molecule has 0 aliphatic heterocycles. The number of rotatable bonds is 10. The Labute approximate surface area is 190 Å². The van der Waals surface area contributed by atoms with E-state index in [-0.39, 0.29) is 19.8 Å². The molecule has 9 nitrogen and oxygen atoms in total. The molecule has 32 heavy (non-hydrogen) atoms. The Morgan fingerprint density at radius 3 is 1.88 bits per heavy atom. The van der Waals surface area contributed by atoms with Crippen molar-refractivity contribution in [2.45, 2.75) is 71.4 Å². The number of ether oxygens (including phenoxy) is 4. The van der Waals surface area contributed by atoms with E-state index in [1.165, 1.54) is 7.11 Å². The summed E-state index contributed by atoms with van der Waals surface area (Å²) in [5, 5.41) is 5.07. The van der Waals surface area contributed by atoms with Crippen molar-refractivity contribution in [3.05, 3.63) is 35.9 Å². The molecule has 0 radical (unpaired) electrons. The van der Waals surface area contributed by atoms with Crippen LogP contribution in [0.4, 0.5) is 4.79 Å². The quantitative estimate of drug-likeness (QED) is 0.525.